The van der Waals surface area contributed by atoms with Crippen molar-refractivity contribution in [1.82, 2.24) is 5.32 Å². The molecule has 1 rings (SSSR count). The average molecular weight is 186 g/mol. The molecule has 0 aliphatic carbocycles. The Hall–Kier alpha value is -1.56. The predicted molar refractivity (Wildman–Crippen MR) is 42.8 cm³/mol. The Bertz CT molecular complexity index is 284. The monoisotopic (exact) mass is 186 g/mol. The number of primary amides is 1. The van der Waals surface area contributed by atoms with E-state index in [9.17, 15) is 9.59 Å². The number of carbonyl (C=O) groups excluding carboxylic acids is 1. The number of ether oxygens (including phenoxy) is 1. The molecule has 4 N–H and O–H groups in total. The fourth-order valence-electron chi connectivity index (χ4n) is 1.10. The highest BCUT2D eigenvalue weighted by Crippen LogP contribution is 2.18. The highest BCUT2D eigenvalue weighted by Gasteiger charge is 2.27. The number of amides is 2. The molecule has 0 aromatic rings. The summed E-state index contributed by atoms with van der Waals surface area (Å²) in [5.41, 5.74) is 5.15. The Morgan fingerprint density at radius 1 is 1.69 bits per heavy atom. The molecule has 6 heteroatoms. The Kier molecular flexibility index (Phi) is 2.52. The number of carboxylic acids is 1. The van der Waals surface area contributed by atoms with Crippen LogP contribution in [-0.4, -0.2) is 29.8 Å². The highest BCUT2D eigenvalue weighted by molar-refractivity contribution is 5.89. The van der Waals surface area contributed by atoms with Crippen LogP contribution in [0.5, 0.6) is 0 Å². The predicted octanol–water partition coefficient (Wildman–Crippen LogP) is -0.588. The van der Waals surface area contributed by atoms with Gasteiger partial charge in [0, 0.05) is 0 Å². The number of hydrogen-bond acceptors (Lipinski definition) is 3. The summed E-state index contributed by atoms with van der Waals surface area (Å²) in [6.45, 7) is 1.63. The van der Waals surface area contributed by atoms with E-state index < -0.39 is 18.1 Å². The summed E-state index contributed by atoms with van der Waals surface area (Å²) in [6.07, 6.45) is -0.432. The average Bonchev–Trinajstić information content (AvgIpc) is 2.32. The van der Waals surface area contributed by atoms with Gasteiger partial charge in [-0.25, -0.2) is 9.59 Å². The topological polar surface area (TPSA) is 102 Å². The number of carbonyl (C=O) groups is 2. The van der Waals surface area contributed by atoms with E-state index in [0.29, 0.717) is 0 Å². The summed E-state index contributed by atoms with van der Waals surface area (Å²) in [4.78, 5) is 21.1. The van der Waals surface area contributed by atoms with Crippen LogP contribution in [0.3, 0.4) is 0 Å². The molecule has 1 atom stereocenters. The van der Waals surface area contributed by atoms with E-state index in [-0.39, 0.29) is 17.9 Å². The zero-order chi connectivity index (χ0) is 10.0. The van der Waals surface area contributed by atoms with E-state index >= 15 is 0 Å². The molecular formula is C7H10N2O4. The van der Waals surface area contributed by atoms with E-state index in [1.54, 1.807) is 6.92 Å². The molecule has 2 amide bonds. The molecule has 1 heterocycles. The van der Waals surface area contributed by atoms with Crippen LogP contribution < -0.4 is 11.1 Å². The molecule has 0 saturated carbocycles. The van der Waals surface area contributed by atoms with E-state index in [0.717, 1.165) is 0 Å². The van der Waals surface area contributed by atoms with Crippen LogP contribution in [0, 0.1) is 0 Å². The Morgan fingerprint density at radius 2 is 2.31 bits per heavy atom. The van der Waals surface area contributed by atoms with Crippen LogP contribution >= 0.6 is 0 Å². The summed E-state index contributed by atoms with van der Waals surface area (Å²) in [7, 11) is 0. The van der Waals surface area contributed by atoms with Crippen molar-refractivity contribution in [3.63, 3.8) is 0 Å². The lowest BCUT2D eigenvalue weighted by atomic mass is 10.2. The second-order valence-electron chi connectivity index (χ2n) is 2.64. The standard InChI is InChI=1S/C7H10N2O4/c1-3-5(9-7(8)12)4(2-13-3)6(10)11/h3H,2H2,1H3,(H,10,11)(H3,8,9,12)/t3-/m0/s1. The van der Waals surface area contributed by atoms with Gasteiger partial charge in [-0.1, -0.05) is 0 Å². The van der Waals surface area contributed by atoms with Crippen molar-refractivity contribution in [3.8, 4) is 0 Å². The minimum absolute atomic E-state index is 0.00782. The van der Waals surface area contributed by atoms with Gasteiger partial charge in [0.2, 0.25) is 0 Å². The molecule has 0 fully saturated rings. The van der Waals surface area contributed by atoms with Gasteiger partial charge >= 0.3 is 12.0 Å². The van der Waals surface area contributed by atoms with Gasteiger partial charge in [0.15, 0.2) is 0 Å². The zero-order valence-electron chi connectivity index (χ0n) is 7.03. The molecule has 0 unspecified atom stereocenters. The third-order valence-corrected chi connectivity index (χ3v) is 1.73. The Labute approximate surface area is 74.4 Å². The van der Waals surface area contributed by atoms with Gasteiger partial charge in [0.25, 0.3) is 0 Å². The van der Waals surface area contributed by atoms with Crippen molar-refractivity contribution in [2.45, 2.75) is 13.0 Å². The first-order chi connectivity index (χ1) is 6.02. The number of rotatable bonds is 2. The molecule has 0 saturated heterocycles. The van der Waals surface area contributed by atoms with Crippen molar-refractivity contribution in [2.75, 3.05) is 6.61 Å². The fourth-order valence-corrected chi connectivity index (χ4v) is 1.10. The highest BCUT2D eigenvalue weighted by atomic mass is 16.5. The lowest BCUT2D eigenvalue weighted by Gasteiger charge is -2.08. The molecule has 6 nitrogen and oxygen atoms in total. The van der Waals surface area contributed by atoms with Crippen molar-refractivity contribution in [2.24, 2.45) is 5.73 Å². The molecular weight excluding hydrogens is 176 g/mol. The van der Waals surface area contributed by atoms with Crippen molar-refractivity contribution in [3.05, 3.63) is 11.3 Å². The number of aliphatic carboxylic acids is 1. The van der Waals surface area contributed by atoms with Gasteiger partial charge in [0.05, 0.1) is 24.0 Å². The normalized spacial score (nSPS) is 21.8. The lowest BCUT2D eigenvalue weighted by Crippen LogP contribution is -2.33. The maximum absolute atomic E-state index is 10.6. The van der Waals surface area contributed by atoms with Crippen LogP contribution in [0.4, 0.5) is 4.79 Å². The van der Waals surface area contributed by atoms with Crippen LogP contribution in [0.15, 0.2) is 11.3 Å². The second-order valence-corrected chi connectivity index (χ2v) is 2.64. The minimum atomic E-state index is -1.10. The number of carboxylic acid groups (broad SMARTS) is 1. The van der Waals surface area contributed by atoms with E-state index in [1.807, 2.05) is 0 Å². The van der Waals surface area contributed by atoms with Crippen LogP contribution in [0.1, 0.15) is 6.92 Å². The van der Waals surface area contributed by atoms with Crippen LogP contribution in [-0.2, 0) is 9.53 Å². The maximum Gasteiger partial charge on any atom is 0.335 e. The molecule has 13 heavy (non-hydrogen) atoms. The Balaban J connectivity index is 2.89. The van der Waals surface area contributed by atoms with Gasteiger partial charge in [-0.05, 0) is 6.92 Å². The van der Waals surface area contributed by atoms with Gasteiger partial charge in [-0.3, -0.25) is 0 Å². The Morgan fingerprint density at radius 3 is 2.77 bits per heavy atom. The SMILES string of the molecule is C[C@@H]1OCC(C(=O)O)=C1NC(N)=O. The quantitative estimate of drug-likeness (QED) is 0.536. The van der Waals surface area contributed by atoms with E-state index in [2.05, 4.69) is 5.32 Å². The number of nitrogens with two attached hydrogens (primary N) is 1. The largest absolute Gasteiger partial charge is 0.478 e. The van der Waals surface area contributed by atoms with Gasteiger partial charge < -0.3 is 20.9 Å². The first-order valence-electron chi connectivity index (χ1n) is 3.66. The lowest BCUT2D eigenvalue weighted by molar-refractivity contribution is -0.133. The molecule has 0 spiro atoms. The minimum Gasteiger partial charge on any atom is -0.478 e. The van der Waals surface area contributed by atoms with Crippen molar-refractivity contribution < 1.29 is 19.4 Å². The first-order valence-corrected chi connectivity index (χ1v) is 3.66. The number of nitrogens with one attached hydrogen (secondary N) is 1. The number of hydrogen-bond donors (Lipinski definition) is 3. The third kappa shape index (κ3) is 1.97. The second kappa shape index (κ2) is 3.44. The van der Waals surface area contributed by atoms with E-state index in [1.165, 1.54) is 0 Å². The molecule has 0 aromatic heterocycles. The molecule has 1 aliphatic heterocycles. The van der Waals surface area contributed by atoms with Crippen LogP contribution in [0.2, 0.25) is 0 Å². The first kappa shape index (κ1) is 9.53. The molecule has 1 aliphatic rings. The van der Waals surface area contributed by atoms with Crippen LogP contribution in [0.25, 0.3) is 0 Å². The molecule has 0 radical (unpaired) electrons. The summed E-state index contributed by atoms with van der Waals surface area (Å²) in [5, 5.41) is 10.9. The molecule has 72 valence electrons. The number of urea groups is 1. The van der Waals surface area contributed by atoms with Gasteiger partial charge in [0.1, 0.15) is 0 Å². The van der Waals surface area contributed by atoms with Gasteiger partial charge in [-0.2, -0.15) is 0 Å². The molecule has 0 bridgehead atoms. The van der Waals surface area contributed by atoms with Gasteiger partial charge in [-0.15, -0.1) is 0 Å². The maximum atomic E-state index is 10.6. The zero-order valence-corrected chi connectivity index (χ0v) is 7.03. The third-order valence-electron chi connectivity index (χ3n) is 1.73. The van der Waals surface area contributed by atoms with E-state index in [4.69, 9.17) is 15.6 Å². The van der Waals surface area contributed by atoms with Crippen molar-refractivity contribution >= 4 is 12.0 Å². The molecule has 0 aromatic carbocycles. The summed E-state index contributed by atoms with van der Waals surface area (Å²) in [5.74, 6) is -1.10. The summed E-state index contributed by atoms with van der Waals surface area (Å²) in [6, 6.07) is -0.786. The summed E-state index contributed by atoms with van der Waals surface area (Å²) < 4.78 is 5.02. The van der Waals surface area contributed by atoms with Crippen molar-refractivity contribution in [1.29, 1.82) is 0 Å². The summed E-state index contributed by atoms with van der Waals surface area (Å²) >= 11 is 0. The smallest absolute Gasteiger partial charge is 0.335 e. The fraction of sp³-hybridized carbons (Fsp3) is 0.429.